The molecule has 0 radical (unpaired) electrons. The van der Waals surface area contributed by atoms with Gasteiger partial charge in [0.25, 0.3) is 0 Å². The van der Waals surface area contributed by atoms with Gasteiger partial charge in [0.15, 0.2) is 0 Å². The van der Waals surface area contributed by atoms with Crippen LogP contribution in [0.25, 0.3) is 5.57 Å². The zero-order chi connectivity index (χ0) is 12.3. The van der Waals surface area contributed by atoms with E-state index in [0.717, 1.165) is 6.07 Å². The van der Waals surface area contributed by atoms with Crippen LogP contribution in [0, 0.1) is 0 Å². The number of alkyl halides is 3. The lowest BCUT2D eigenvalue weighted by atomic mass is 10.0. The lowest BCUT2D eigenvalue weighted by Gasteiger charge is -2.10. The molecule has 88 valence electrons. The Labute approximate surface area is 95.9 Å². The minimum absolute atomic E-state index is 0.00597. The fourth-order valence-corrected chi connectivity index (χ4v) is 1.40. The van der Waals surface area contributed by atoms with E-state index < -0.39 is 11.7 Å². The number of halogens is 4. The van der Waals surface area contributed by atoms with Gasteiger partial charge < -0.3 is 5.73 Å². The molecule has 0 aliphatic carbocycles. The van der Waals surface area contributed by atoms with Gasteiger partial charge in [-0.05, 0) is 24.6 Å². The van der Waals surface area contributed by atoms with E-state index in [2.05, 4.69) is 11.6 Å². The van der Waals surface area contributed by atoms with Crippen molar-refractivity contribution in [3.63, 3.8) is 0 Å². The van der Waals surface area contributed by atoms with Crippen molar-refractivity contribution in [1.29, 1.82) is 0 Å². The molecule has 0 aromatic carbocycles. The molecular weight excluding hydrogens is 241 g/mol. The summed E-state index contributed by atoms with van der Waals surface area (Å²) in [4.78, 5) is 3.49. The van der Waals surface area contributed by atoms with Crippen LogP contribution < -0.4 is 5.73 Å². The molecule has 1 aromatic rings. The first-order chi connectivity index (χ1) is 7.36. The number of nitrogens with zero attached hydrogens (tertiary/aromatic N) is 1. The maximum absolute atomic E-state index is 12.4. The minimum Gasteiger partial charge on any atom is -0.330 e. The molecule has 0 aliphatic rings. The summed E-state index contributed by atoms with van der Waals surface area (Å²) >= 11 is 5.70. The van der Waals surface area contributed by atoms with Gasteiger partial charge in [-0.25, -0.2) is 4.98 Å². The molecule has 16 heavy (non-hydrogen) atoms. The molecule has 1 heterocycles. The number of aromatic nitrogens is 1. The lowest BCUT2D eigenvalue weighted by molar-refractivity contribution is -0.137. The molecule has 1 rings (SSSR count). The van der Waals surface area contributed by atoms with Crippen molar-refractivity contribution in [3.05, 3.63) is 35.1 Å². The van der Waals surface area contributed by atoms with E-state index in [0.29, 0.717) is 24.7 Å². The van der Waals surface area contributed by atoms with Gasteiger partial charge >= 0.3 is 6.18 Å². The topological polar surface area (TPSA) is 38.9 Å². The molecule has 0 saturated carbocycles. The number of hydrogen-bond donors (Lipinski definition) is 1. The summed E-state index contributed by atoms with van der Waals surface area (Å²) < 4.78 is 37.2. The molecule has 1 aromatic heterocycles. The zero-order valence-electron chi connectivity index (χ0n) is 8.31. The van der Waals surface area contributed by atoms with Gasteiger partial charge in [0, 0.05) is 11.8 Å². The van der Waals surface area contributed by atoms with E-state index >= 15 is 0 Å². The smallest absolute Gasteiger partial charge is 0.330 e. The molecule has 0 amide bonds. The second-order valence-electron chi connectivity index (χ2n) is 3.20. The Morgan fingerprint density at radius 1 is 1.50 bits per heavy atom. The van der Waals surface area contributed by atoms with Crippen LogP contribution >= 0.6 is 11.6 Å². The Kier molecular flexibility index (Phi) is 3.93. The highest BCUT2D eigenvalue weighted by Gasteiger charge is 2.31. The van der Waals surface area contributed by atoms with E-state index in [1.807, 2.05) is 0 Å². The van der Waals surface area contributed by atoms with Gasteiger partial charge in [0.1, 0.15) is 5.15 Å². The summed E-state index contributed by atoms with van der Waals surface area (Å²) in [6.45, 7) is 3.92. The lowest BCUT2D eigenvalue weighted by Crippen LogP contribution is -2.07. The Morgan fingerprint density at radius 2 is 2.12 bits per heavy atom. The van der Waals surface area contributed by atoms with Crippen LogP contribution in [0.3, 0.4) is 0 Å². The second-order valence-corrected chi connectivity index (χ2v) is 3.56. The number of nitrogens with two attached hydrogens (primary N) is 1. The number of rotatable bonds is 3. The van der Waals surface area contributed by atoms with Crippen molar-refractivity contribution < 1.29 is 13.2 Å². The summed E-state index contributed by atoms with van der Waals surface area (Å²) in [7, 11) is 0. The van der Waals surface area contributed by atoms with Gasteiger partial charge in [-0.15, -0.1) is 0 Å². The summed E-state index contributed by atoms with van der Waals surface area (Å²) in [5.74, 6) is 0. The fourth-order valence-electron chi connectivity index (χ4n) is 1.16. The first-order valence-corrected chi connectivity index (χ1v) is 4.85. The fraction of sp³-hybridized carbons (Fsp3) is 0.300. The van der Waals surface area contributed by atoms with Gasteiger partial charge in [0.05, 0.1) is 5.56 Å². The molecule has 0 saturated heterocycles. The zero-order valence-corrected chi connectivity index (χ0v) is 9.07. The molecule has 0 unspecified atom stereocenters. The molecule has 0 bridgehead atoms. The SMILES string of the molecule is C=C(CCN)c1cc(C(F)(F)F)cnc1Cl. The average Bonchev–Trinajstić information content (AvgIpc) is 2.16. The standard InChI is InChI=1S/C10H10ClF3N2/c1-6(2-3-15)8-4-7(10(12,13)14)5-16-9(8)11/h4-5H,1-3,15H2. The van der Waals surface area contributed by atoms with Crippen LogP contribution in [0.1, 0.15) is 17.5 Å². The first-order valence-electron chi connectivity index (χ1n) is 4.47. The molecule has 0 atom stereocenters. The van der Waals surface area contributed by atoms with Gasteiger partial charge in [-0.1, -0.05) is 18.2 Å². The highest BCUT2D eigenvalue weighted by atomic mass is 35.5. The Balaban J connectivity index is 3.14. The maximum atomic E-state index is 12.4. The molecule has 2 N–H and O–H groups in total. The van der Waals surface area contributed by atoms with Crippen molar-refractivity contribution in [2.24, 2.45) is 5.73 Å². The van der Waals surface area contributed by atoms with Crippen molar-refractivity contribution >= 4 is 17.2 Å². The summed E-state index contributed by atoms with van der Waals surface area (Å²) in [6, 6.07) is 0.938. The third-order valence-electron chi connectivity index (χ3n) is 1.99. The Bertz CT molecular complexity index is 402. The Morgan fingerprint density at radius 3 is 2.62 bits per heavy atom. The van der Waals surface area contributed by atoms with E-state index in [4.69, 9.17) is 17.3 Å². The molecule has 0 aliphatic heterocycles. The van der Waals surface area contributed by atoms with Crippen molar-refractivity contribution in [1.82, 2.24) is 4.98 Å². The molecule has 0 fully saturated rings. The van der Waals surface area contributed by atoms with Crippen LogP contribution in [-0.2, 0) is 6.18 Å². The predicted molar refractivity (Wildman–Crippen MR) is 57.0 cm³/mol. The minimum atomic E-state index is -4.44. The molecular formula is C10H10ClF3N2. The molecule has 2 nitrogen and oxygen atoms in total. The largest absolute Gasteiger partial charge is 0.417 e. The predicted octanol–water partition coefficient (Wildman–Crippen LogP) is 3.12. The van der Waals surface area contributed by atoms with E-state index in [-0.39, 0.29) is 10.7 Å². The summed E-state index contributed by atoms with van der Waals surface area (Å²) in [5, 5.41) is 0.00597. The van der Waals surface area contributed by atoms with Crippen LogP contribution in [-0.4, -0.2) is 11.5 Å². The number of hydrogen-bond acceptors (Lipinski definition) is 2. The van der Waals surface area contributed by atoms with Crippen molar-refractivity contribution in [2.75, 3.05) is 6.54 Å². The van der Waals surface area contributed by atoms with Crippen LogP contribution in [0.5, 0.6) is 0 Å². The molecule has 0 spiro atoms. The van der Waals surface area contributed by atoms with Crippen LogP contribution in [0.2, 0.25) is 5.15 Å². The van der Waals surface area contributed by atoms with Crippen LogP contribution in [0.15, 0.2) is 18.8 Å². The summed E-state index contributed by atoms with van der Waals surface area (Å²) in [6.07, 6.45) is -3.36. The molecule has 6 heteroatoms. The van der Waals surface area contributed by atoms with E-state index in [1.54, 1.807) is 0 Å². The second kappa shape index (κ2) is 4.84. The van der Waals surface area contributed by atoms with E-state index in [1.165, 1.54) is 0 Å². The quantitative estimate of drug-likeness (QED) is 0.837. The summed E-state index contributed by atoms with van der Waals surface area (Å²) in [5.41, 5.74) is 5.10. The van der Waals surface area contributed by atoms with Crippen molar-refractivity contribution in [2.45, 2.75) is 12.6 Å². The first kappa shape index (κ1) is 13.0. The average molecular weight is 251 g/mol. The van der Waals surface area contributed by atoms with Gasteiger partial charge in [0.2, 0.25) is 0 Å². The van der Waals surface area contributed by atoms with Gasteiger partial charge in [-0.2, -0.15) is 13.2 Å². The Hall–Kier alpha value is -1.07. The van der Waals surface area contributed by atoms with Crippen LogP contribution in [0.4, 0.5) is 13.2 Å². The maximum Gasteiger partial charge on any atom is 0.417 e. The number of pyridine rings is 1. The van der Waals surface area contributed by atoms with Crippen molar-refractivity contribution in [3.8, 4) is 0 Å². The third kappa shape index (κ3) is 2.96. The highest BCUT2D eigenvalue weighted by molar-refractivity contribution is 6.31. The highest BCUT2D eigenvalue weighted by Crippen LogP contribution is 2.32. The van der Waals surface area contributed by atoms with E-state index in [9.17, 15) is 13.2 Å². The normalized spacial score (nSPS) is 11.6. The third-order valence-corrected chi connectivity index (χ3v) is 2.29. The monoisotopic (exact) mass is 250 g/mol. The van der Waals surface area contributed by atoms with Gasteiger partial charge in [-0.3, -0.25) is 0 Å².